The molecule has 0 aromatic carbocycles. The molecule has 1 heterocycles. The standard InChI is InChI=1S/C9H14O2/c1-4-5-9(3)7(2)6-11-8(9)10/h4,7H,1,5-6H2,2-3H3/t7-,9+/m1/s1. The van der Waals surface area contributed by atoms with Crippen LogP contribution >= 0.6 is 0 Å². The fourth-order valence-corrected chi connectivity index (χ4v) is 1.34. The van der Waals surface area contributed by atoms with Crippen LogP contribution in [0, 0.1) is 11.3 Å². The molecule has 0 aliphatic carbocycles. The number of carbonyl (C=O) groups excluding carboxylic acids is 1. The Morgan fingerprint density at radius 1 is 1.91 bits per heavy atom. The fraction of sp³-hybridized carbons (Fsp3) is 0.667. The van der Waals surface area contributed by atoms with E-state index in [0.29, 0.717) is 18.9 Å². The summed E-state index contributed by atoms with van der Waals surface area (Å²) in [5.41, 5.74) is -0.318. The van der Waals surface area contributed by atoms with Crippen LogP contribution in [0.2, 0.25) is 0 Å². The quantitative estimate of drug-likeness (QED) is 0.447. The molecule has 0 radical (unpaired) electrons. The summed E-state index contributed by atoms with van der Waals surface area (Å²) in [6.45, 7) is 8.16. The molecule has 0 N–H and O–H groups in total. The molecule has 0 amide bonds. The SMILES string of the molecule is C=CC[C@]1(C)C(=O)OC[C@H]1C. The fourth-order valence-electron chi connectivity index (χ4n) is 1.34. The molecule has 1 aliphatic heterocycles. The normalized spacial score (nSPS) is 36.9. The highest BCUT2D eigenvalue weighted by atomic mass is 16.5. The lowest BCUT2D eigenvalue weighted by atomic mass is 9.78. The average molecular weight is 154 g/mol. The summed E-state index contributed by atoms with van der Waals surface area (Å²) in [7, 11) is 0. The Balaban J connectivity index is 2.79. The molecule has 1 rings (SSSR count). The Labute approximate surface area is 67.2 Å². The van der Waals surface area contributed by atoms with Gasteiger partial charge in [-0.25, -0.2) is 0 Å². The Morgan fingerprint density at radius 3 is 2.91 bits per heavy atom. The van der Waals surface area contributed by atoms with Gasteiger partial charge in [0.2, 0.25) is 0 Å². The Bertz CT molecular complexity index is 186. The third-order valence-corrected chi connectivity index (χ3v) is 2.59. The summed E-state index contributed by atoms with van der Waals surface area (Å²) >= 11 is 0. The molecule has 0 aromatic rings. The zero-order chi connectivity index (χ0) is 8.48. The Kier molecular flexibility index (Phi) is 2.03. The topological polar surface area (TPSA) is 26.3 Å². The van der Waals surface area contributed by atoms with Gasteiger partial charge in [-0.1, -0.05) is 13.0 Å². The van der Waals surface area contributed by atoms with Crippen molar-refractivity contribution >= 4 is 5.97 Å². The van der Waals surface area contributed by atoms with E-state index in [-0.39, 0.29) is 11.4 Å². The maximum atomic E-state index is 11.2. The number of esters is 1. The maximum absolute atomic E-state index is 11.2. The van der Waals surface area contributed by atoms with Crippen molar-refractivity contribution in [3.8, 4) is 0 Å². The van der Waals surface area contributed by atoms with Gasteiger partial charge in [0, 0.05) is 5.92 Å². The van der Waals surface area contributed by atoms with Crippen molar-refractivity contribution < 1.29 is 9.53 Å². The minimum atomic E-state index is -0.318. The third kappa shape index (κ3) is 1.17. The first kappa shape index (κ1) is 8.31. The van der Waals surface area contributed by atoms with Crippen molar-refractivity contribution in [2.45, 2.75) is 20.3 Å². The molecule has 1 fully saturated rings. The van der Waals surface area contributed by atoms with Gasteiger partial charge in [0.25, 0.3) is 0 Å². The summed E-state index contributed by atoms with van der Waals surface area (Å²) in [4.78, 5) is 11.2. The minimum absolute atomic E-state index is 0.0788. The summed E-state index contributed by atoms with van der Waals surface area (Å²) in [6, 6.07) is 0. The van der Waals surface area contributed by atoms with E-state index in [9.17, 15) is 4.79 Å². The molecule has 0 unspecified atom stereocenters. The molecule has 0 aromatic heterocycles. The zero-order valence-electron chi connectivity index (χ0n) is 7.09. The third-order valence-electron chi connectivity index (χ3n) is 2.59. The van der Waals surface area contributed by atoms with Crippen LogP contribution in [-0.2, 0) is 9.53 Å². The van der Waals surface area contributed by atoms with Gasteiger partial charge in [-0.05, 0) is 13.3 Å². The smallest absolute Gasteiger partial charge is 0.312 e. The van der Waals surface area contributed by atoms with E-state index < -0.39 is 0 Å². The summed E-state index contributed by atoms with van der Waals surface area (Å²) in [6.07, 6.45) is 2.50. The van der Waals surface area contributed by atoms with Gasteiger partial charge in [-0.15, -0.1) is 6.58 Å². The van der Waals surface area contributed by atoms with Crippen LogP contribution in [0.5, 0.6) is 0 Å². The number of hydrogen-bond donors (Lipinski definition) is 0. The second-order valence-corrected chi connectivity index (χ2v) is 3.41. The first-order valence-corrected chi connectivity index (χ1v) is 3.89. The second kappa shape index (κ2) is 2.68. The van der Waals surface area contributed by atoms with Crippen molar-refractivity contribution in [1.29, 1.82) is 0 Å². The van der Waals surface area contributed by atoms with Crippen LogP contribution in [0.15, 0.2) is 12.7 Å². The molecule has 1 saturated heterocycles. The van der Waals surface area contributed by atoms with E-state index in [0.717, 1.165) is 0 Å². The summed E-state index contributed by atoms with van der Waals surface area (Å²) < 4.78 is 4.95. The van der Waals surface area contributed by atoms with Crippen molar-refractivity contribution in [3.63, 3.8) is 0 Å². The number of rotatable bonds is 2. The minimum Gasteiger partial charge on any atom is -0.465 e. The highest BCUT2D eigenvalue weighted by Crippen LogP contribution is 2.38. The first-order chi connectivity index (χ1) is 5.11. The second-order valence-electron chi connectivity index (χ2n) is 3.41. The highest BCUT2D eigenvalue weighted by molar-refractivity contribution is 5.78. The first-order valence-electron chi connectivity index (χ1n) is 3.89. The predicted molar refractivity (Wildman–Crippen MR) is 43.0 cm³/mol. The van der Waals surface area contributed by atoms with Crippen LogP contribution in [0.1, 0.15) is 20.3 Å². The van der Waals surface area contributed by atoms with Gasteiger partial charge in [0.15, 0.2) is 0 Å². The zero-order valence-corrected chi connectivity index (χ0v) is 7.09. The highest BCUT2D eigenvalue weighted by Gasteiger charge is 2.44. The van der Waals surface area contributed by atoms with Crippen LogP contribution in [-0.4, -0.2) is 12.6 Å². The number of hydrogen-bond acceptors (Lipinski definition) is 2. The van der Waals surface area contributed by atoms with Crippen molar-refractivity contribution in [1.82, 2.24) is 0 Å². The monoisotopic (exact) mass is 154 g/mol. The number of allylic oxidation sites excluding steroid dienone is 1. The van der Waals surface area contributed by atoms with E-state index in [1.54, 1.807) is 6.08 Å². The lowest BCUT2D eigenvalue weighted by molar-refractivity contribution is -0.145. The molecule has 2 nitrogen and oxygen atoms in total. The van der Waals surface area contributed by atoms with E-state index >= 15 is 0 Å². The predicted octanol–water partition coefficient (Wildman–Crippen LogP) is 1.76. The van der Waals surface area contributed by atoms with Crippen LogP contribution in [0.3, 0.4) is 0 Å². The Morgan fingerprint density at radius 2 is 2.55 bits per heavy atom. The largest absolute Gasteiger partial charge is 0.465 e. The van der Waals surface area contributed by atoms with Gasteiger partial charge >= 0.3 is 5.97 Å². The van der Waals surface area contributed by atoms with E-state index in [2.05, 4.69) is 6.58 Å². The molecular weight excluding hydrogens is 140 g/mol. The number of carbonyl (C=O) groups is 1. The van der Waals surface area contributed by atoms with Gasteiger partial charge in [0.05, 0.1) is 12.0 Å². The van der Waals surface area contributed by atoms with E-state index in [1.165, 1.54) is 0 Å². The molecule has 2 atom stereocenters. The van der Waals surface area contributed by atoms with Crippen molar-refractivity contribution in [2.75, 3.05) is 6.61 Å². The molecule has 2 heteroatoms. The molecule has 0 spiro atoms. The van der Waals surface area contributed by atoms with Crippen molar-refractivity contribution in [3.05, 3.63) is 12.7 Å². The maximum Gasteiger partial charge on any atom is 0.312 e. The summed E-state index contributed by atoms with van der Waals surface area (Å²) in [5.74, 6) is 0.234. The van der Waals surface area contributed by atoms with Gasteiger partial charge in [-0.2, -0.15) is 0 Å². The molecule has 0 saturated carbocycles. The van der Waals surface area contributed by atoms with Gasteiger partial charge in [-0.3, -0.25) is 4.79 Å². The Hall–Kier alpha value is -0.790. The van der Waals surface area contributed by atoms with Gasteiger partial charge < -0.3 is 4.74 Å². The summed E-state index contributed by atoms with van der Waals surface area (Å²) in [5, 5.41) is 0. The molecule has 62 valence electrons. The number of ether oxygens (including phenoxy) is 1. The van der Waals surface area contributed by atoms with Crippen LogP contribution < -0.4 is 0 Å². The molecule has 0 bridgehead atoms. The van der Waals surface area contributed by atoms with E-state index in [4.69, 9.17) is 4.74 Å². The van der Waals surface area contributed by atoms with Crippen molar-refractivity contribution in [2.24, 2.45) is 11.3 Å². The molecular formula is C9H14O2. The lowest BCUT2D eigenvalue weighted by Crippen LogP contribution is -2.27. The van der Waals surface area contributed by atoms with Crippen LogP contribution in [0.25, 0.3) is 0 Å². The number of cyclic esters (lactones) is 1. The molecule has 11 heavy (non-hydrogen) atoms. The van der Waals surface area contributed by atoms with Crippen LogP contribution in [0.4, 0.5) is 0 Å². The molecule has 1 aliphatic rings. The van der Waals surface area contributed by atoms with E-state index in [1.807, 2.05) is 13.8 Å². The lowest BCUT2D eigenvalue weighted by Gasteiger charge is -2.21. The van der Waals surface area contributed by atoms with Gasteiger partial charge in [0.1, 0.15) is 0 Å². The average Bonchev–Trinajstić information content (AvgIpc) is 2.19.